The van der Waals surface area contributed by atoms with Crippen LogP contribution < -0.4 is 4.74 Å². The Morgan fingerprint density at radius 3 is 2.67 bits per heavy atom. The van der Waals surface area contributed by atoms with Crippen molar-refractivity contribution >= 4 is 11.3 Å². The van der Waals surface area contributed by atoms with E-state index in [9.17, 15) is 5.11 Å². The van der Waals surface area contributed by atoms with Gasteiger partial charge in [-0.15, -0.1) is 11.3 Å². The number of aryl methyl sites for hydroxylation is 2. The maximum atomic E-state index is 10.3. The highest BCUT2D eigenvalue weighted by Gasteiger charge is 2.16. The minimum absolute atomic E-state index is 0.521. The Labute approximate surface area is 111 Å². The zero-order valence-corrected chi connectivity index (χ0v) is 11.6. The maximum absolute atomic E-state index is 10.3. The van der Waals surface area contributed by atoms with Crippen molar-refractivity contribution in [3.8, 4) is 5.75 Å². The lowest BCUT2D eigenvalue weighted by molar-refractivity contribution is 0.180. The van der Waals surface area contributed by atoms with Gasteiger partial charge in [-0.2, -0.15) is 0 Å². The first-order valence-corrected chi connectivity index (χ1v) is 6.67. The number of hydrogen-bond acceptors (Lipinski definition) is 4. The van der Waals surface area contributed by atoms with E-state index in [0.717, 1.165) is 26.9 Å². The summed E-state index contributed by atoms with van der Waals surface area (Å²) in [5.74, 6) is 0.815. The number of aromatic nitrogens is 1. The topological polar surface area (TPSA) is 42.4 Å². The van der Waals surface area contributed by atoms with Gasteiger partial charge in [0.05, 0.1) is 28.8 Å². The fraction of sp³-hybridized carbons (Fsp3) is 0.357. The van der Waals surface area contributed by atoms with E-state index in [-0.39, 0.29) is 0 Å². The Morgan fingerprint density at radius 1 is 1.33 bits per heavy atom. The molecule has 0 amide bonds. The van der Waals surface area contributed by atoms with E-state index in [2.05, 4.69) is 4.98 Å². The number of para-hydroxylation sites is 1. The third-order valence-electron chi connectivity index (χ3n) is 2.85. The van der Waals surface area contributed by atoms with Gasteiger partial charge >= 0.3 is 0 Å². The molecule has 1 atom stereocenters. The van der Waals surface area contributed by atoms with E-state index < -0.39 is 6.10 Å². The number of methoxy groups -OCH3 is 1. The highest BCUT2D eigenvalue weighted by Crippen LogP contribution is 2.29. The molecule has 0 saturated carbocycles. The molecule has 0 radical (unpaired) electrons. The number of ether oxygens (including phenoxy) is 1. The van der Waals surface area contributed by atoms with Gasteiger partial charge < -0.3 is 9.84 Å². The summed E-state index contributed by atoms with van der Waals surface area (Å²) in [5, 5.41) is 11.3. The van der Waals surface area contributed by atoms with Crippen molar-refractivity contribution in [1.82, 2.24) is 4.98 Å². The van der Waals surface area contributed by atoms with Crippen LogP contribution in [-0.2, 0) is 6.42 Å². The smallest absolute Gasteiger partial charge is 0.122 e. The Bertz CT molecular complexity index is 536. The molecular formula is C14H17NO2S. The minimum atomic E-state index is -0.521. The summed E-state index contributed by atoms with van der Waals surface area (Å²) in [5.41, 5.74) is 1.93. The van der Waals surface area contributed by atoms with Crippen molar-refractivity contribution in [3.05, 3.63) is 45.4 Å². The Morgan fingerprint density at radius 2 is 2.06 bits per heavy atom. The molecule has 1 unspecified atom stereocenters. The fourth-order valence-corrected chi connectivity index (χ4v) is 2.94. The predicted molar refractivity (Wildman–Crippen MR) is 73.2 cm³/mol. The molecule has 0 saturated heterocycles. The molecule has 0 fully saturated rings. The van der Waals surface area contributed by atoms with Crippen LogP contribution in [0.3, 0.4) is 0 Å². The summed E-state index contributed by atoms with van der Waals surface area (Å²) in [6.07, 6.45) is 0.0273. The number of aliphatic hydroxyl groups excluding tert-OH is 1. The molecular weight excluding hydrogens is 246 g/mol. The first-order chi connectivity index (χ1) is 8.61. The SMILES string of the molecule is COc1ccccc1CC(O)c1sc(C)nc1C. The van der Waals surface area contributed by atoms with Crippen molar-refractivity contribution in [2.45, 2.75) is 26.4 Å². The van der Waals surface area contributed by atoms with Crippen LogP contribution >= 0.6 is 11.3 Å². The van der Waals surface area contributed by atoms with Gasteiger partial charge in [0.15, 0.2) is 0 Å². The van der Waals surface area contributed by atoms with E-state index in [1.165, 1.54) is 0 Å². The van der Waals surface area contributed by atoms with Crippen molar-refractivity contribution in [2.75, 3.05) is 7.11 Å². The summed E-state index contributed by atoms with van der Waals surface area (Å²) in [4.78, 5) is 5.29. The molecule has 2 rings (SSSR count). The van der Waals surface area contributed by atoms with Crippen molar-refractivity contribution < 1.29 is 9.84 Å². The zero-order valence-electron chi connectivity index (χ0n) is 10.8. The molecule has 0 aliphatic carbocycles. The molecule has 1 aromatic carbocycles. The van der Waals surface area contributed by atoms with Gasteiger partial charge in [0, 0.05) is 6.42 Å². The molecule has 0 aliphatic rings. The van der Waals surface area contributed by atoms with E-state index in [1.54, 1.807) is 18.4 Å². The number of nitrogens with zero attached hydrogens (tertiary/aromatic N) is 1. The molecule has 1 N–H and O–H groups in total. The van der Waals surface area contributed by atoms with Gasteiger partial charge in [0.25, 0.3) is 0 Å². The lowest BCUT2D eigenvalue weighted by Gasteiger charge is -2.12. The first-order valence-electron chi connectivity index (χ1n) is 5.85. The van der Waals surface area contributed by atoms with Gasteiger partial charge in [-0.25, -0.2) is 4.98 Å². The summed E-state index contributed by atoms with van der Waals surface area (Å²) >= 11 is 1.55. The quantitative estimate of drug-likeness (QED) is 0.922. The maximum Gasteiger partial charge on any atom is 0.122 e. The van der Waals surface area contributed by atoms with Crippen molar-refractivity contribution in [1.29, 1.82) is 0 Å². The van der Waals surface area contributed by atoms with Crippen LogP contribution in [0.2, 0.25) is 0 Å². The van der Waals surface area contributed by atoms with Crippen LogP contribution in [0.1, 0.15) is 27.2 Å². The summed E-state index contributed by atoms with van der Waals surface area (Å²) in [6.45, 7) is 3.89. The van der Waals surface area contributed by atoms with Gasteiger partial charge in [-0.1, -0.05) is 18.2 Å². The van der Waals surface area contributed by atoms with Gasteiger partial charge in [-0.3, -0.25) is 0 Å². The summed E-state index contributed by atoms with van der Waals surface area (Å²) in [6, 6.07) is 7.77. The minimum Gasteiger partial charge on any atom is -0.496 e. The van der Waals surface area contributed by atoms with E-state index in [4.69, 9.17) is 4.74 Å². The third-order valence-corrected chi connectivity index (χ3v) is 4.02. The number of aliphatic hydroxyl groups is 1. The van der Waals surface area contributed by atoms with Crippen molar-refractivity contribution in [3.63, 3.8) is 0 Å². The average molecular weight is 263 g/mol. The molecule has 0 aliphatic heterocycles. The molecule has 2 aromatic rings. The second-order valence-electron chi connectivity index (χ2n) is 4.21. The van der Waals surface area contributed by atoms with E-state index in [0.29, 0.717) is 6.42 Å². The van der Waals surface area contributed by atoms with Crippen LogP contribution in [0, 0.1) is 13.8 Å². The van der Waals surface area contributed by atoms with Crippen LogP contribution in [-0.4, -0.2) is 17.2 Å². The predicted octanol–water partition coefficient (Wildman–Crippen LogP) is 3.04. The lowest BCUT2D eigenvalue weighted by atomic mass is 10.1. The molecule has 1 heterocycles. The highest BCUT2D eigenvalue weighted by atomic mass is 32.1. The van der Waals surface area contributed by atoms with Gasteiger partial charge in [0.2, 0.25) is 0 Å². The van der Waals surface area contributed by atoms with Gasteiger partial charge in [-0.05, 0) is 25.5 Å². The average Bonchev–Trinajstić information content (AvgIpc) is 2.69. The normalized spacial score (nSPS) is 12.4. The van der Waals surface area contributed by atoms with Crippen LogP contribution in [0.15, 0.2) is 24.3 Å². The molecule has 4 heteroatoms. The molecule has 3 nitrogen and oxygen atoms in total. The number of benzene rings is 1. The molecule has 0 bridgehead atoms. The van der Waals surface area contributed by atoms with Gasteiger partial charge in [0.1, 0.15) is 5.75 Å². The van der Waals surface area contributed by atoms with Crippen LogP contribution in [0.5, 0.6) is 5.75 Å². The third kappa shape index (κ3) is 2.71. The molecule has 1 aromatic heterocycles. The van der Waals surface area contributed by atoms with Crippen LogP contribution in [0.4, 0.5) is 0 Å². The second-order valence-corrected chi connectivity index (χ2v) is 5.45. The number of rotatable bonds is 4. The highest BCUT2D eigenvalue weighted by molar-refractivity contribution is 7.11. The fourth-order valence-electron chi connectivity index (χ4n) is 2.03. The molecule has 0 spiro atoms. The summed E-state index contributed by atoms with van der Waals surface area (Å²) < 4.78 is 5.29. The van der Waals surface area contributed by atoms with Crippen molar-refractivity contribution in [2.24, 2.45) is 0 Å². The molecule has 18 heavy (non-hydrogen) atoms. The first kappa shape index (κ1) is 13.1. The largest absolute Gasteiger partial charge is 0.496 e. The Kier molecular flexibility index (Phi) is 3.99. The Balaban J connectivity index is 2.21. The summed E-state index contributed by atoms with van der Waals surface area (Å²) in [7, 11) is 1.65. The number of hydrogen-bond donors (Lipinski definition) is 1. The Hall–Kier alpha value is -1.39. The second kappa shape index (κ2) is 5.50. The number of thiazole rings is 1. The van der Waals surface area contributed by atoms with E-state index in [1.807, 2.05) is 38.1 Å². The van der Waals surface area contributed by atoms with E-state index >= 15 is 0 Å². The monoisotopic (exact) mass is 263 g/mol. The lowest BCUT2D eigenvalue weighted by Crippen LogP contribution is -2.03. The standard InChI is InChI=1S/C14H17NO2S/c1-9-14(18-10(2)15-9)12(16)8-11-6-4-5-7-13(11)17-3/h4-7,12,16H,8H2,1-3H3. The molecule has 96 valence electrons. The zero-order chi connectivity index (χ0) is 13.1. The van der Waals surface area contributed by atoms with Crippen LogP contribution in [0.25, 0.3) is 0 Å².